The predicted octanol–water partition coefficient (Wildman–Crippen LogP) is 1.37. The van der Waals surface area contributed by atoms with Crippen LogP contribution in [0.4, 0.5) is 4.39 Å². The number of benzene rings is 1. The van der Waals surface area contributed by atoms with Crippen LogP contribution in [-0.4, -0.2) is 66.8 Å². The second-order valence-corrected chi connectivity index (χ2v) is 6.76. The topological polar surface area (TPSA) is 53.0 Å². The minimum Gasteiger partial charge on any atom is -0.484 e. The van der Waals surface area contributed by atoms with E-state index < -0.39 is 0 Å². The van der Waals surface area contributed by atoms with Crippen LogP contribution < -0.4 is 4.74 Å². The predicted molar refractivity (Wildman–Crippen MR) is 88.2 cm³/mol. The second-order valence-electron chi connectivity index (χ2n) is 6.76. The summed E-state index contributed by atoms with van der Waals surface area (Å²) < 4.78 is 18.5. The summed E-state index contributed by atoms with van der Waals surface area (Å²) in [4.78, 5) is 16.5. The number of aliphatic hydroxyl groups excluding tert-OH is 1. The quantitative estimate of drug-likeness (QED) is 0.852. The van der Waals surface area contributed by atoms with Crippen molar-refractivity contribution in [2.24, 2.45) is 11.8 Å². The van der Waals surface area contributed by atoms with Gasteiger partial charge in [-0.05, 0) is 44.0 Å². The highest BCUT2D eigenvalue weighted by Gasteiger charge is 2.36. The van der Waals surface area contributed by atoms with Crippen LogP contribution in [0.3, 0.4) is 0 Å². The Hall–Kier alpha value is -1.66. The number of carbonyl (C=O) groups excluding carboxylic acids is 1. The summed E-state index contributed by atoms with van der Waals surface area (Å²) in [5.41, 5.74) is 0. The Kier molecular flexibility index (Phi) is 5.68. The van der Waals surface area contributed by atoms with Crippen molar-refractivity contribution >= 4 is 5.91 Å². The van der Waals surface area contributed by atoms with Gasteiger partial charge in [0.2, 0.25) is 0 Å². The minimum absolute atomic E-state index is 0.0992. The molecular formula is C18H25FN2O3. The number of carbonyl (C=O) groups is 1. The standard InChI is InChI=1S/C18H25FN2O3/c19-16-4-3-5-17(8-16)24-13-18(23)21-10-14(15(11-21)12-22)9-20-6-1-2-7-20/h3-5,8,14-15,22H,1-2,6-7,9-13H2. The lowest BCUT2D eigenvalue weighted by molar-refractivity contribution is -0.132. The molecule has 2 aliphatic heterocycles. The van der Waals surface area contributed by atoms with Crippen molar-refractivity contribution in [1.82, 2.24) is 9.80 Å². The highest BCUT2D eigenvalue weighted by molar-refractivity contribution is 5.78. The van der Waals surface area contributed by atoms with Gasteiger partial charge in [-0.3, -0.25) is 4.79 Å². The molecule has 24 heavy (non-hydrogen) atoms. The summed E-state index contributed by atoms with van der Waals surface area (Å²) in [6.07, 6.45) is 2.47. The van der Waals surface area contributed by atoms with Gasteiger partial charge >= 0.3 is 0 Å². The molecule has 1 aromatic rings. The summed E-state index contributed by atoms with van der Waals surface area (Å²) in [5.74, 6) is 0.304. The number of likely N-dealkylation sites (tertiary alicyclic amines) is 2. The van der Waals surface area contributed by atoms with Crippen molar-refractivity contribution in [3.05, 3.63) is 30.1 Å². The molecule has 0 saturated carbocycles. The van der Waals surface area contributed by atoms with Gasteiger partial charge in [-0.15, -0.1) is 0 Å². The first kappa shape index (κ1) is 17.2. The van der Waals surface area contributed by atoms with E-state index in [1.165, 1.54) is 25.0 Å². The molecule has 0 aromatic heterocycles. The second kappa shape index (κ2) is 7.94. The van der Waals surface area contributed by atoms with E-state index in [-0.39, 0.29) is 30.9 Å². The van der Waals surface area contributed by atoms with Crippen LogP contribution in [0.15, 0.2) is 24.3 Å². The average molecular weight is 336 g/mol. The van der Waals surface area contributed by atoms with E-state index in [0.29, 0.717) is 24.8 Å². The Morgan fingerprint density at radius 1 is 1.25 bits per heavy atom. The van der Waals surface area contributed by atoms with E-state index in [0.717, 1.165) is 19.6 Å². The molecule has 0 radical (unpaired) electrons. The van der Waals surface area contributed by atoms with Crippen LogP contribution in [0.1, 0.15) is 12.8 Å². The Morgan fingerprint density at radius 2 is 2.00 bits per heavy atom. The largest absolute Gasteiger partial charge is 0.484 e. The number of halogens is 1. The van der Waals surface area contributed by atoms with Crippen molar-refractivity contribution in [1.29, 1.82) is 0 Å². The van der Waals surface area contributed by atoms with Gasteiger partial charge in [0.05, 0.1) is 0 Å². The van der Waals surface area contributed by atoms with Crippen LogP contribution in [-0.2, 0) is 4.79 Å². The molecule has 2 fully saturated rings. The number of nitrogens with zero attached hydrogens (tertiary/aromatic N) is 2. The van der Waals surface area contributed by atoms with Crippen LogP contribution in [0, 0.1) is 17.7 Å². The van der Waals surface area contributed by atoms with Crippen molar-refractivity contribution in [3.8, 4) is 5.75 Å². The van der Waals surface area contributed by atoms with Gasteiger partial charge in [0.15, 0.2) is 6.61 Å². The third-order valence-electron chi connectivity index (χ3n) is 5.01. The molecule has 2 saturated heterocycles. The molecule has 2 aliphatic rings. The minimum atomic E-state index is -0.382. The van der Waals surface area contributed by atoms with E-state index in [1.807, 2.05) is 0 Å². The number of rotatable bonds is 6. The van der Waals surface area contributed by atoms with E-state index in [2.05, 4.69) is 4.90 Å². The summed E-state index contributed by atoms with van der Waals surface area (Å²) in [6.45, 7) is 4.41. The third kappa shape index (κ3) is 4.24. The summed E-state index contributed by atoms with van der Waals surface area (Å²) >= 11 is 0. The molecule has 1 N–H and O–H groups in total. The normalized spacial score (nSPS) is 24.5. The Balaban J connectivity index is 1.51. The molecule has 132 valence electrons. The van der Waals surface area contributed by atoms with Crippen LogP contribution in [0.5, 0.6) is 5.75 Å². The molecular weight excluding hydrogens is 311 g/mol. The van der Waals surface area contributed by atoms with Gasteiger partial charge < -0.3 is 19.6 Å². The molecule has 6 heteroatoms. The molecule has 1 amide bonds. The summed E-state index contributed by atoms with van der Waals surface area (Å²) in [5, 5.41) is 9.62. The molecule has 0 aliphatic carbocycles. The third-order valence-corrected chi connectivity index (χ3v) is 5.01. The Labute approximate surface area is 142 Å². The smallest absolute Gasteiger partial charge is 0.260 e. The van der Waals surface area contributed by atoms with E-state index >= 15 is 0 Å². The van der Waals surface area contributed by atoms with E-state index in [9.17, 15) is 14.3 Å². The fourth-order valence-corrected chi connectivity index (χ4v) is 3.65. The maximum Gasteiger partial charge on any atom is 0.260 e. The van der Waals surface area contributed by atoms with Gasteiger partial charge in [0.25, 0.3) is 5.91 Å². The summed E-state index contributed by atoms with van der Waals surface area (Å²) in [7, 11) is 0. The van der Waals surface area contributed by atoms with Crippen molar-refractivity contribution in [3.63, 3.8) is 0 Å². The van der Waals surface area contributed by atoms with Crippen LogP contribution >= 0.6 is 0 Å². The highest BCUT2D eigenvalue weighted by atomic mass is 19.1. The van der Waals surface area contributed by atoms with Gasteiger partial charge in [0.1, 0.15) is 11.6 Å². The first-order valence-corrected chi connectivity index (χ1v) is 8.65. The molecule has 2 atom stereocenters. The van der Waals surface area contributed by atoms with E-state index in [1.54, 1.807) is 17.0 Å². The fraction of sp³-hybridized carbons (Fsp3) is 0.611. The maximum atomic E-state index is 13.1. The maximum absolute atomic E-state index is 13.1. The van der Waals surface area contributed by atoms with Crippen LogP contribution in [0.25, 0.3) is 0 Å². The van der Waals surface area contributed by atoms with Crippen LogP contribution in [0.2, 0.25) is 0 Å². The number of aliphatic hydroxyl groups is 1. The number of ether oxygens (including phenoxy) is 1. The van der Waals surface area contributed by atoms with E-state index in [4.69, 9.17) is 4.74 Å². The van der Waals surface area contributed by atoms with Crippen molar-refractivity contribution < 1.29 is 19.0 Å². The molecule has 3 rings (SSSR count). The van der Waals surface area contributed by atoms with Gasteiger partial charge in [0, 0.05) is 38.2 Å². The first-order valence-electron chi connectivity index (χ1n) is 8.65. The zero-order valence-electron chi connectivity index (χ0n) is 13.9. The average Bonchev–Trinajstić information content (AvgIpc) is 3.23. The number of hydrogen-bond acceptors (Lipinski definition) is 4. The zero-order valence-corrected chi connectivity index (χ0v) is 13.9. The molecule has 2 heterocycles. The Morgan fingerprint density at radius 3 is 2.71 bits per heavy atom. The SMILES string of the molecule is O=C(COc1cccc(F)c1)N1CC(CO)C(CN2CCCC2)C1. The molecule has 1 aromatic carbocycles. The molecule has 0 bridgehead atoms. The van der Waals surface area contributed by atoms with Crippen molar-refractivity contribution in [2.75, 3.05) is 45.9 Å². The molecule has 5 nitrogen and oxygen atoms in total. The van der Waals surface area contributed by atoms with Gasteiger partial charge in [-0.25, -0.2) is 4.39 Å². The van der Waals surface area contributed by atoms with Gasteiger partial charge in [-0.2, -0.15) is 0 Å². The summed E-state index contributed by atoms with van der Waals surface area (Å²) in [6, 6.07) is 5.79. The lowest BCUT2D eigenvalue weighted by atomic mass is 9.96. The lowest BCUT2D eigenvalue weighted by Gasteiger charge is -2.22. The zero-order chi connectivity index (χ0) is 16.9. The first-order chi connectivity index (χ1) is 11.7. The highest BCUT2D eigenvalue weighted by Crippen LogP contribution is 2.25. The molecule has 2 unspecified atom stereocenters. The lowest BCUT2D eigenvalue weighted by Crippen LogP contribution is -2.34. The number of hydrogen-bond donors (Lipinski definition) is 1. The molecule has 0 spiro atoms. The Bertz CT molecular complexity index is 563. The fourth-order valence-electron chi connectivity index (χ4n) is 3.65. The van der Waals surface area contributed by atoms with Gasteiger partial charge in [-0.1, -0.05) is 6.07 Å². The van der Waals surface area contributed by atoms with Crippen molar-refractivity contribution in [2.45, 2.75) is 12.8 Å². The number of amides is 1. The monoisotopic (exact) mass is 336 g/mol.